The van der Waals surface area contributed by atoms with E-state index < -0.39 is 10.0 Å². The number of carbonyl (C=O) groups is 1. The maximum Gasteiger partial charge on any atom is 0.261 e. The van der Waals surface area contributed by atoms with Gasteiger partial charge in [-0.2, -0.15) is 0 Å². The zero-order valence-corrected chi connectivity index (χ0v) is 17.0. The Labute approximate surface area is 166 Å². The molecule has 1 saturated carbocycles. The van der Waals surface area contributed by atoms with Crippen molar-refractivity contribution in [1.82, 2.24) is 5.32 Å². The fourth-order valence-electron chi connectivity index (χ4n) is 3.39. The number of nitrogens with one attached hydrogen (secondary N) is 2. The first kappa shape index (κ1) is 20.2. The summed E-state index contributed by atoms with van der Waals surface area (Å²) in [5, 5.41) is 3.08. The molecule has 7 heteroatoms. The highest BCUT2D eigenvalue weighted by Gasteiger charge is 2.19. The number of methoxy groups -OCH3 is 1. The van der Waals surface area contributed by atoms with Gasteiger partial charge in [0, 0.05) is 11.6 Å². The highest BCUT2D eigenvalue weighted by Crippen LogP contribution is 2.23. The number of anilines is 1. The van der Waals surface area contributed by atoms with Crippen molar-refractivity contribution in [3.05, 3.63) is 53.6 Å². The molecule has 1 aliphatic carbocycles. The van der Waals surface area contributed by atoms with E-state index in [0.29, 0.717) is 22.6 Å². The van der Waals surface area contributed by atoms with Gasteiger partial charge in [-0.15, -0.1) is 0 Å². The molecule has 1 fully saturated rings. The average Bonchev–Trinajstić information content (AvgIpc) is 2.70. The van der Waals surface area contributed by atoms with Crippen LogP contribution in [0.3, 0.4) is 0 Å². The molecule has 6 nitrogen and oxygen atoms in total. The lowest BCUT2D eigenvalue weighted by Crippen LogP contribution is -2.36. The number of hydrogen-bond acceptors (Lipinski definition) is 4. The minimum absolute atomic E-state index is 0.112. The van der Waals surface area contributed by atoms with E-state index in [-0.39, 0.29) is 16.8 Å². The van der Waals surface area contributed by atoms with Crippen LogP contribution in [-0.4, -0.2) is 27.5 Å². The first-order chi connectivity index (χ1) is 13.4. The standard InChI is InChI=1S/C21H26N2O4S/c1-15-14-16(21(24)22-17-6-4-3-5-7-17)8-13-20(15)23-28(25,26)19-11-9-18(27-2)10-12-19/h8-14,17,23H,3-7H2,1-2H3,(H,22,24). The van der Waals surface area contributed by atoms with Crippen molar-refractivity contribution in [1.29, 1.82) is 0 Å². The molecule has 2 N–H and O–H groups in total. The summed E-state index contributed by atoms with van der Waals surface area (Å²) in [5.74, 6) is 0.475. The summed E-state index contributed by atoms with van der Waals surface area (Å²) >= 11 is 0. The Morgan fingerprint density at radius 1 is 1.04 bits per heavy atom. The fourth-order valence-corrected chi connectivity index (χ4v) is 4.52. The van der Waals surface area contributed by atoms with Gasteiger partial charge in [0.05, 0.1) is 17.7 Å². The maximum absolute atomic E-state index is 12.6. The van der Waals surface area contributed by atoms with Crippen LogP contribution in [0, 0.1) is 6.92 Å². The molecular formula is C21H26N2O4S. The predicted octanol–water partition coefficient (Wildman–Crippen LogP) is 3.87. The van der Waals surface area contributed by atoms with Gasteiger partial charge in [-0.3, -0.25) is 9.52 Å². The summed E-state index contributed by atoms with van der Waals surface area (Å²) in [7, 11) is -2.20. The molecular weight excluding hydrogens is 376 g/mol. The van der Waals surface area contributed by atoms with Crippen molar-refractivity contribution in [2.45, 2.75) is 50.0 Å². The zero-order valence-electron chi connectivity index (χ0n) is 16.2. The van der Waals surface area contributed by atoms with E-state index in [1.54, 1.807) is 37.3 Å². The molecule has 2 aromatic rings. The van der Waals surface area contributed by atoms with Gasteiger partial charge < -0.3 is 10.1 Å². The lowest BCUT2D eigenvalue weighted by molar-refractivity contribution is 0.0927. The van der Waals surface area contributed by atoms with Crippen LogP contribution >= 0.6 is 0 Å². The number of amides is 1. The van der Waals surface area contributed by atoms with Crippen LogP contribution in [0.4, 0.5) is 5.69 Å². The Morgan fingerprint density at radius 2 is 1.71 bits per heavy atom. The topological polar surface area (TPSA) is 84.5 Å². The first-order valence-electron chi connectivity index (χ1n) is 9.47. The molecule has 3 rings (SSSR count). The SMILES string of the molecule is COc1ccc(S(=O)(=O)Nc2ccc(C(=O)NC3CCCCC3)cc2C)cc1. The van der Waals surface area contributed by atoms with Crippen LogP contribution in [0.15, 0.2) is 47.4 Å². The molecule has 2 aromatic carbocycles. The third kappa shape index (κ3) is 4.84. The quantitative estimate of drug-likeness (QED) is 0.768. The monoisotopic (exact) mass is 402 g/mol. The lowest BCUT2D eigenvalue weighted by Gasteiger charge is -2.23. The first-order valence-corrected chi connectivity index (χ1v) is 11.0. The van der Waals surface area contributed by atoms with Crippen molar-refractivity contribution >= 4 is 21.6 Å². The molecule has 28 heavy (non-hydrogen) atoms. The van der Waals surface area contributed by atoms with E-state index in [4.69, 9.17) is 4.74 Å². The molecule has 0 radical (unpaired) electrons. The summed E-state index contributed by atoms with van der Waals surface area (Å²) in [6.45, 7) is 1.78. The second-order valence-corrected chi connectivity index (χ2v) is 8.80. The molecule has 0 aromatic heterocycles. The van der Waals surface area contributed by atoms with Gasteiger partial charge in [0.15, 0.2) is 0 Å². The highest BCUT2D eigenvalue weighted by atomic mass is 32.2. The van der Waals surface area contributed by atoms with Gasteiger partial charge >= 0.3 is 0 Å². The molecule has 0 bridgehead atoms. The Hall–Kier alpha value is -2.54. The van der Waals surface area contributed by atoms with E-state index in [1.807, 2.05) is 0 Å². The maximum atomic E-state index is 12.6. The van der Waals surface area contributed by atoms with Crippen LogP contribution in [0.5, 0.6) is 5.75 Å². The van der Waals surface area contributed by atoms with Crippen LogP contribution in [0.1, 0.15) is 48.0 Å². The summed E-state index contributed by atoms with van der Waals surface area (Å²) in [6, 6.07) is 11.4. The van der Waals surface area contributed by atoms with Crippen molar-refractivity contribution < 1.29 is 17.9 Å². The van der Waals surface area contributed by atoms with Gasteiger partial charge in [0.2, 0.25) is 0 Å². The number of aryl methyl sites for hydroxylation is 1. The average molecular weight is 403 g/mol. The van der Waals surface area contributed by atoms with E-state index in [1.165, 1.54) is 25.7 Å². The third-order valence-electron chi connectivity index (χ3n) is 5.04. The van der Waals surface area contributed by atoms with Gasteiger partial charge in [-0.05, 0) is 67.8 Å². The molecule has 0 aliphatic heterocycles. The van der Waals surface area contributed by atoms with Crippen molar-refractivity contribution in [2.24, 2.45) is 0 Å². The summed E-state index contributed by atoms with van der Waals surface area (Å²) < 4.78 is 32.9. The Balaban J connectivity index is 1.71. The van der Waals surface area contributed by atoms with Gasteiger partial charge in [0.25, 0.3) is 15.9 Å². The molecule has 0 saturated heterocycles. The molecule has 1 aliphatic rings. The van der Waals surface area contributed by atoms with E-state index in [9.17, 15) is 13.2 Å². The van der Waals surface area contributed by atoms with E-state index >= 15 is 0 Å². The van der Waals surface area contributed by atoms with Crippen LogP contribution in [0.2, 0.25) is 0 Å². The Morgan fingerprint density at radius 3 is 2.32 bits per heavy atom. The number of rotatable bonds is 6. The second-order valence-electron chi connectivity index (χ2n) is 7.12. The molecule has 0 heterocycles. The number of hydrogen-bond donors (Lipinski definition) is 2. The lowest BCUT2D eigenvalue weighted by atomic mass is 9.95. The van der Waals surface area contributed by atoms with E-state index in [0.717, 1.165) is 25.7 Å². The Kier molecular flexibility index (Phi) is 6.24. The molecule has 1 amide bonds. The van der Waals surface area contributed by atoms with Gasteiger partial charge in [-0.25, -0.2) is 8.42 Å². The number of sulfonamides is 1. The minimum Gasteiger partial charge on any atom is -0.497 e. The Bertz CT molecular complexity index is 933. The predicted molar refractivity (Wildman–Crippen MR) is 109 cm³/mol. The smallest absolute Gasteiger partial charge is 0.261 e. The summed E-state index contributed by atoms with van der Waals surface area (Å²) in [5.41, 5.74) is 1.67. The number of benzene rings is 2. The largest absolute Gasteiger partial charge is 0.497 e. The van der Waals surface area contributed by atoms with E-state index in [2.05, 4.69) is 10.0 Å². The number of ether oxygens (including phenoxy) is 1. The minimum atomic E-state index is -3.72. The molecule has 0 spiro atoms. The van der Waals surface area contributed by atoms with Crippen LogP contribution in [-0.2, 0) is 10.0 Å². The van der Waals surface area contributed by atoms with Crippen molar-refractivity contribution in [3.8, 4) is 5.75 Å². The highest BCUT2D eigenvalue weighted by molar-refractivity contribution is 7.92. The van der Waals surface area contributed by atoms with Crippen LogP contribution < -0.4 is 14.8 Å². The van der Waals surface area contributed by atoms with Gasteiger partial charge in [0.1, 0.15) is 5.75 Å². The number of carbonyl (C=O) groups excluding carboxylic acids is 1. The summed E-state index contributed by atoms with van der Waals surface area (Å²) in [6.07, 6.45) is 5.57. The molecule has 0 unspecified atom stereocenters. The molecule has 150 valence electrons. The fraction of sp³-hybridized carbons (Fsp3) is 0.381. The molecule has 0 atom stereocenters. The van der Waals surface area contributed by atoms with Crippen molar-refractivity contribution in [3.63, 3.8) is 0 Å². The zero-order chi connectivity index (χ0) is 20.1. The van der Waals surface area contributed by atoms with Crippen LogP contribution in [0.25, 0.3) is 0 Å². The normalized spacial score (nSPS) is 15.1. The van der Waals surface area contributed by atoms with Crippen molar-refractivity contribution in [2.75, 3.05) is 11.8 Å². The van der Waals surface area contributed by atoms with Gasteiger partial charge in [-0.1, -0.05) is 19.3 Å². The summed E-state index contributed by atoms with van der Waals surface area (Å²) in [4.78, 5) is 12.6. The second kappa shape index (κ2) is 8.65. The third-order valence-corrected chi connectivity index (χ3v) is 6.42.